The van der Waals surface area contributed by atoms with Crippen LogP contribution in [0.4, 0.5) is 0 Å². The molecule has 0 unspecified atom stereocenters. The molecule has 1 saturated heterocycles. The zero-order valence-electron chi connectivity index (χ0n) is 8.49. The predicted molar refractivity (Wildman–Crippen MR) is 61.6 cm³/mol. The maximum atomic E-state index is 5.78. The number of hydrogen-bond donors (Lipinski definition) is 1. The van der Waals surface area contributed by atoms with E-state index < -0.39 is 0 Å². The summed E-state index contributed by atoms with van der Waals surface area (Å²) < 4.78 is 6.99. The van der Waals surface area contributed by atoms with E-state index in [-0.39, 0.29) is 0 Å². The van der Waals surface area contributed by atoms with Crippen LogP contribution >= 0.6 is 11.3 Å². The van der Waals surface area contributed by atoms with Gasteiger partial charge < -0.3 is 10.1 Å². The van der Waals surface area contributed by atoms with Gasteiger partial charge in [0.15, 0.2) is 0 Å². The van der Waals surface area contributed by atoms with Crippen molar-refractivity contribution in [1.82, 2.24) is 10.3 Å². The maximum absolute atomic E-state index is 5.78. The first-order valence-corrected chi connectivity index (χ1v) is 5.87. The molecule has 1 aromatic carbocycles. The van der Waals surface area contributed by atoms with Crippen LogP contribution < -0.4 is 10.1 Å². The Morgan fingerprint density at radius 2 is 2.33 bits per heavy atom. The predicted octanol–water partition coefficient (Wildman–Crippen LogP) is 1.96. The van der Waals surface area contributed by atoms with E-state index in [2.05, 4.69) is 16.4 Å². The highest BCUT2D eigenvalue weighted by Crippen LogP contribution is 2.26. The van der Waals surface area contributed by atoms with Crippen LogP contribution in [0, 0.1) is 6.92 Å². The summed E-state index contributed by atoms with van der Waals surface area (Å²) in [5, 5.41) is 4.29. The molecule has 1 aromatic heterocycles. The van der Waals surface area contributed by atoms with Crippen LogP contribution in [0.2, 0.25) is 0 Å². The summed E-state index contributed by atoms with van der Waals surface area (Å²) in [6, 6.07) is 6.11. The molecule has 3 rings (SSSR count). The Balaban J connectivity index is 1.90. The van der Waals surface area contributed by atoms with Gasteiger partial charge in [0.2, 0.25) is 0 Å². The van der Waals surface area contributed by atoms with Gasteiger partial charge in [0.05, 0.1) is 15.2 Å². The topological polar surface area (TPSA) is 34.1 Å². The van der Waals surface area contributed by atoms with Crippen molar-refractivity contribution in [1.29, 1.82) is 0 Å². The van der Waals surface area contributed by atoms with E-state index in [9.17, 15) is 0 Å². The van der Waals surface area contributed by atoms with E-state index in [1.54, 1.807) is 11.3 Å². The van der Waals surface area contributed by atoms with E-state index in [1.165, 1.54) is 4.70 Å². The van der Waals surface area contributed by atoms with Crippen molar-refractivity contribution in [3.05, 3.63) is 23.2 Å². The fraction of sp³-hybridized carbons (Fsp3) is 0.364. The fourth-order valence-electron chi connectivity index (χ4n) is 1.63. The Bertz CT molecular complexity index is 490. The van der Waals surface area contributed by atoms with Crippen molar-refractivity contribution in [2.75, 3.05) is 13.1 Å². The van der Waals surface area contributed by atoms with Gasteiger partial charge >= 0.3 is 0 Å². The Morgan fingerprint density at radius 1 is 1.47 bits per heavy atom. The molecule has 0 radical (unpaired) electrons. The lowest BCUT2D eigenvalue weighted by atomic mass is 10.2. The van der Waals surface area contributed by atoms with Crippen molar-refractivity contribution in [3.63, 3.8) is 0 Å². The number of aromatic nitrogens is 1. The zero-order valence-corrected chi connectivity index (χ0v) is 9.30. The van der Waals surface area contributed by atoms with Gasteiger partial charge in [0, 0.05) is 13.1 Å². The van der Waals surface area contributed by atoms with Gasteiger partial charge in [-0.2, -0.15) is 0 Å². The number of benzene rings is 1. The van der Waals surface area contributed by atoms with Crippen LogP contribution in [0.25, 0.3) is 10.2 Å². The van der Waals surface area contributed by atoms with Crippen LogP contribution in [0.5, 0.6) is 5.75 Å². The van der Waals surface area contributed by atoms with E-state index in [4.69, 9.17) is 4.74 Å². The van der Waals surface area contributed by atoms with Crippen molar-refractivity contribution in [2.45, 2.75) is 13.0 Å². The average Bonchev–Trinajstić information content (AvgIpc) is 2.50. The van der Waals surface area contributed by atoms with Crippen molar-refractivity contribution in [3.8, 4) is 5.75 Å². The molecule has 15 heavy (non-hydrogen) atoms. The Morgan fingerprint density at radius 3 is 3.07 bits per heavy atom. The first kappa shape index (κ1) is 9.12. The van der Waals surface area contributed by atoms with Crippen LogP contribution in [0.3, 0.4) is 0 Å². The minimum absolute atomic E-state index is 0.344. The molecule has 2 aromatic rings. The molecule has 0 amide bonds. The molecule has 1 aliphatic rings. The summed E-state index contributed by atoms with van der Waals surface area (Å²) in [6.45, 7) is 3.94. The Labute approximate surface area is 92.1 Å². The van der Waals surface area contributed by atoms with Gasteiger partial charge in [-0.1, -0.05) is 0 Å². The minimum Gasteiger partial charge on any atom is -0.488 e. The van der Waals surface area contributed by atoms with Gasteiger partial charge in [0.1, 0.15) is 11.9 Å². The zero-order chi connectivity index (χ0) is 10.3. The number of fused-ring (bicyclic) bond motifs is 1. The van der Waals surface area contributed by atoms with Crippen molar-refractivity contribution in [2.24, 2.45) is 0 Å². The van der Waals surface area contributed by atoms with Crippen molar-refractivity contribution >= 4 is 21.6 Å². The monoisotopic (exact) mass is 220 g/mol. The first-order chi connectivity index (χ1) is 7.31. The summed E-state index contributed by atoms with van der Waals surface area (Å²) in [4.78, 5) is 4.42. The molecule has 78 valence electrons. The van der Waals surface area contributed by atoms with Crippen LogP contribution in [-0.4, -0.2) is 24.2 Å². The third-order valence-electron chi connectivity index (χ3n) is 2.51. The molecule has 1 aliphatic heterocycles. The molecule has 0 aliphatic carbocycles. The lowest BCUT2D eigenvalue weighted by molar-refractivity contribution is 0.142. The molecule has 3 nitrogen and oxygen atoms in total. The number of rotatable bonds is 2. The standard InChI is InChI=1S/C11H12N2OS/c1-7-13-10-3-2-8(4-11(10)15-7)14-9-5-12-6-9/h2-4,9,12H,5-6H2,1H3. The number of aryl methyl sites for hydroxylation is 1. The summed E-state index contributed by atoms with van der Waals surface area (Å²) >= 11 is 1.71. The number of nitrogens with zero attached hydrogens (tertiary/aromatic N) is 1. The summed E-state index contributed by atoms with van der Waals surface area (Å²) in [6.07, 6.45) is 0.344. The van der Waals surface area contributed by atoms with E-state index in [1.807, 2.05) is 19.1 Å². The second-order valence-corrected chi connectivity index (χ2v) is 5.00. The Hall–Kier alpha value is -1.13. The van der Waals surface area contributed by atoms with E-state index in [0.29, 0.717) is 6.10 Å². The lowest BCUT2D eigenvalue weighted by Crippen LogP contribution is -2.50. The van der Waals surface area contributed by atoms with Crippen molar-refractivity contribution < 1.29 is 4.74 Å². The SMILES string of the molecule is Cc1nc2ccc(OC3CNC3)cc2s1. The largest absolute Gasteiger partial charge is 0.488 e. The van der Waals surface area contributed by atoms with Gasteiger partial charge in [0.25, 0.3) is 0 Å². The van der Waals surface area contributed by atoms with Gasteiger partial charge in [-0.25, -0.2) is 4.98 Å². The van der Waals surface area contributed by atoms with Gasteiger partial charge in [-0.05, 0) is 25.1 Å². The second kappa shape index (κ2) is 3.47. The lowest BCUT2D eigenvalue weighted by Gasteiger charge is -2.27. The van der Waals surface area contributed by atoms with Gasteiger partial charge in [-0.15, -0.1) is 11.3 Å². The van der Waals surface area contributed by atoms with Gasteiger partial charge in [-0.3, -0.25) is 0 Å². The highest BCUT2D eigenvalue weighted by atomic mass is 32.1. The smallest absolute Gasteiger partial charge is 0.123 e. The third kappa shape index (κ3) is 1.70. The molecule has 0 bridgehead atoms. The Kier molecular flexibility index (Phi) is 2.11. The highest BCUT2D eigenvalue weighted by molar-refractivity contribution is 7.18. The molecule has 2 heterocycles. The quantitative estimate of drug-likeness (QED) is 0.840. The number of ether oxygens (including phenoxy) is 1. The van der Waals surface area contributed by atoms with Crippen LogP contribution in [-0.2, 0) is 0 Å². The summed E-state index contributed by atoms with van der Waals surface area (Å²) in [7, 11) is 0. The number of hydrogen-bond acceptors (Lipinski definition) is 4. The molecule has 1 fully saturated rings. The second-order valence-electron chi connectivity index (χ2n) is 3.76. The number of thiazole rings is 1. The number of nitrogens with one attached hydrogen (secondary N) is 1. The minimum atomic E-state index is 0.344. The molecular formula is C11H12N2OS. The fourth-order valence-corrected chi connectivity index (χ4v) is 2.49. The maximum Gasteiger partial charge on any atom is 0.123 e. The van der Waals surface area contributed by atoms with Crippen LogP contribution in [0.15, 0.2) is 18.2 Å². The third-order valence-corrected chi connectivity index (χ3v) is 3.45. The van der Waals surface area contributed by atoms with E-state index >= 15 is 0 Å². The molecule has 4 heteroatoms. The molecule has 0 saturated carbocycles. The molecular weight excluding hydrogens is 208 g/mol. The normalized spacial score (nSPS) is 16.6. The molecule has 0 atom stereocenters. The summed E-state index contributed by atoms with van der Waals surface area (Å²) in [5.74, 6) is 0.956. The molecule has 1 N–H and O–H groups in total. The average molecular weight is 220 g/mol. The molecule has 0 spiro atoms. The first-order valence-electron chi connectivity index (χ1n) is 5.06. The highest BCUT2D eigenvalue weighted by Gasteiger charge is 2.18. The van der Waals surface area contributed by atoms with E-state index in [0.717, 1.165) is 29.4 Å². The summed E-state index contributed by atoms with van der Waals surface area (Å²) in [5.41, 5.74) is 1.07. The van der Waals surface area contributed by atoms with Crippen LogP contribution in [0.1, 0.15) is 5.01 Å².